The summed E-state index contributed by atoms with van der Waals surface area (Å²) in [7, 11) is 0. The maximum absolute atomic E-state index is 8.88. The molecule has 0 unspecified atom stereocenters. The smallest absolute Gasteiger partial charge is 0.0630 e. The third kappa shape index (κ3) is 3.11. The molecular formula is C16H20N2. The predicted molar refractivity (Wildman–Crippen MR) is 73.0 cm³/mol. The van der Waals surface area contributed by atoms with Gasteiger partial charge in [-0.1, -0.05) is 52.0 Å². The SMILES string of the molecule is CC(C)(CC#N)c1cccc(C(C)(C)CC#N)c1. The molecule has 0 N–H and O–H groups in total. The molecule has 0 aliphatic carbocycles. The van der Waals surface area contributed by atoms with Gasteiger partial charge in [0.05, 0.1) is 12.1 Å². The Hall–Kier alpha value is -1.80. The molecule has 2 heteroatoms. The average molecular weight is 240 g/mol. The summed E-state index contributed by atoms with van der Waals surface area (Å²) in [5.41, 5.74) is 2.03. The number of rotatable bonds is 4. The first-order valence-electron chi connectivity index (χ1n) is 6.18. The highest BCUT2D eigenvalue weighted by Gasteiger charge is 2.24. The first-order valence-corrected chi connectivity index (χ1v) is 6.18. The van der Waals surface area contributed by atoms with E-state index < -0.39 is 0 Å². The molecule has 0 aliphatic heterocycles. The third-order valence-corrected chi connectivity index (χ3v) is 3.47. The summed E-state index contributed by atoms with van der Waals surface area (Å²) in [6.45, 7) is 8.30. The molecule has 94 valence electrons. The van der Waals surface area contributed by atoms with Crippen molar-refractivity contribution in [3.63, 3.8) is 0 Å². The maximum Gasteiger partial charge on any atom is 0.0630 e. The second-order valence-electron chi connectivity index (χ2n) is 6.02. The fourth-order valence-electron chi connectivity index (χ4n) is 1.96. The van der Waals surface area contributed by atoms with Crippen LogP contribution in [-0.2, 0) is 10.8 Å². The zero-order chi connectivity index (χ0) is 13.8. The van der Waals surface area contributed by atoms with Crippen molar-refractivity contribution in [2.45, 2.75) is 51.4 Å². The van der Waals surface area contributed by atoms with E-state index in [1.165, 1.54) is 0 Å². The molecule has 0 saturated carbocycles. The molecule has 1 rings (SSSR count). The molecule has 0 bridgehead atoms. The lowest BCUT2D eigenvalue weighted by Gasteiger charge is -2.27. The Morgan fingerprint density at radius 2 is 1.28 bits per heavy atom. The van der Waals surface area contributed by atoms with Gasteiger partial charge in [0, 0.05) is 23.7 Å². The monoisotopic (exact) mass is 240 g/mol. The molecule has 0 atom stereocenters. The zero-order valence-corrected chi connectivity index (χ0v) is 11.6. The molecule has 0 heterocycles. The standard InChI is InChI=1S/C16H20N2/c1-15(2,8-10-17)13-6-5-7-14(12-13)16(3,4)9-11-18/h5-7,12H,8-9H2,1-4H3. The van der Waals surface area contributed by atoms with Crippen molar-refractivity contribution < 1.29 is 0 Å². The lowest BCUT2D eigenvalue weighted by Crippen LogP contribution is -2.20. The second-order valence-corrected chi connectivity index (χ2v) is 6.02. The minimum absolute atomic E-state index is 0.145. The summed E-state index contributed by atoms with van der Waals surface area (Å²) >= 11 is 0. The van der Waals surface area contributed by atoms with Gasteiger partial charge in [0.1, 0.15) is 0 Å². The van der Waals surface area contributed by atoms with Crippen LogP contribution in [0.25, 0.3) is 0 Å². The highest BCUT2D eigenvalue weighted by molar-refractivity contribution is 5.34. The van der Waals surface area contributed by atoms with Crippen molar-refractivity contribution in [2.24, 2.45) is 0 Å². The molecule has 0 amide bonds. The van der Waals surface area contributed by atoms with Gasteiger partial charge in [0.2, 0.25) is 0 Å². The fourth-order valence-corrected chi connectivity index (χ4v) is 1.96. The van der Waals surface area contributed by atoms with Crippen molar-refractivity contribution in [2.75, 3.05) is 0 Å². The molecule has 2 nitrogen and oxygen atoms in total. The van der Waals surface area contributed by atoms with E-state index in [2.05, 4.69) is 58.0 Å². The molecule has 0 saturated heterocycles. The number of nitriles is 2. The number of hydrogen-bond acceptors (Lipinski definition) is 2. The number of hydrogen-bond donors (Lipinski definition) is 0. The van der Waals surface area contributed by atoms with Crippen LogP contribution in [-0.4, -0.2) is 0 Å². The number of benzene rings is 1. The molecule has 1 aromatic carbocycles. The van der Waals surface area contributed by atoms with Crippen LogP contribution in [0.15, 0.2) is 24.3 Å². The van der Waals surface area contributed by atoms with E-state index in [1.807, 2.05) is 6.07 Å². The average Bonchev–Trinajstić information content (AvgIpc) is 2.29. The van der Waals surface area contributed by atoms with E-state index in [9.17, 15) is 0 Å². The van der Waals surface area contributed by atoms with Crippen LogP contribution in [0.5, 0.6) is 0 Å². The predicted octanol–water partition coefficient (Wildman–Crippen LogP) is 4.07. The topological polar surface area (TPSA) is 47.6 Å². The van der Waals surface area contributed by atoms with Crippen LogP contribution in [0.4, 0.5) is 0 Å². The van der Waals surface area contributed by atoms with Gasteiger partial charge in [0.25, 0.3) is 0 Å². The Bertz CT molecular complexity index is 455. The van der Waals surface area contributed by atoms with Crippen LogP contribution in [0.2, 0.25) is 0 Å². The van der Waals surface area contributed by atoms with E-state index >= 15 is 0 Å². The van der Waals surface area contributed by atoms with Crippen LogP contribution < -0.4 is 0 Å². The lowest BCUT2D eigenvalue weighted by molar-refractivity contribution is 0.521. The quantitative estimate of drug-likeness (QED) is 0.796. The minimum Gasteiger partial charge on any atom is -0.198 e. The highest BCUT2D eigenvalue weighted by Crippen LogP contribution is 2.32. The van der Waals surface area contributed by atoms with Crippen LogP contribution in [0.3, 0.4) is 0 Å². The van der Waals surface area contributed by atoms with Gasteiger partial charge in [-0.2, -0.15) is 10.5 Å². The van der Waals surface area contributed by atoms with Gasteiger partial charge in [-0.3, -0.25) is 0 Å². The molecule has 1 aromatic rings. The summed E-state index contributed by atoms with van der Waals surface area (Å²) in [6, 6.07) is 12.7. The normalized spacial score (nSPS) is 11.7. The molecule has 0 spiro atoms. The van der Waals surface area contributed by atoms with E-state index in [0.717, 1.165) is 11.1 Å². The fraction of sp³-hybridized carbons (Fsp3) is 0.500. The van der Waals surface area contributed by atoms with Crippen molar-refractivity contribution in [3.05, 3.63) is 35.4 Å². The summed E-state index contributed by atoms with van der Waals surface area (Å²) in [5, 5.41) is 17.8. The maximum atomic E-state index is 8.88. The zero-order valence-electron chi connectivity index (χ0n) is 11.6. The van der Waals surface area contributed by atoms with Gasteiger partial charge in [0.15, 0.2) is 0 Å². The Morgan fingerprint density at radius 1 is 0.889 bits per heavy atom. The van der Waals surface area contributed by atoms with Crippen molar-refractivity contribution in [1.29, 1.82) is 10.5 Å². The van der Waals surface area contributed by atoms with Gasteiger partial charge in [-0.25, -0.2) is 0 Å². The van der Waals surface area contributed by atoms with Gasteiger partial charge < -0.3 is 0 Å². The van der Waals surface area contributed by atoms with Gasteiger partial charge in [-0.15, -0.1) is 0 Å². The Morgan fingerprint density at radius 3 is 1.61 bits per heavy atom. The first-order chi connectivity index (χ1) is 8.33. The van der Waals surface area contributed by atoms with Gasteiger partial charge >= 0.3 is 0 Å². The first kappa shape index (κ1) is 14.3. The Kier molecular flexibility index (Phi) is 4.15. The van der Waals surface area contributed by atoms with Gasteiger partial charge in [-0.05, 0) is 11.1 Å². The summed E-state index contributed by atoms with van der Waals surface area (Å²) in [6.07, 6.45) is 0.990. The summed E-state index contributed by atoms with van der Waals surface area (Å²) in [4.78, 5) is 0. The van der Waals surface area contributed by atoms with Crippen molar-refractivity contribution in [1.82, 2.24) is 0 Å². The Labute approximate surface area is 110 Å². The van der Waals surface area contributed by atoms with Crippen molar-refractivity contribution >= 4 is 0 Å². The van der Waals surface area contributed by atoms with E-state index in [0.29, 0.717) is 12.8 Å². The largest absolute Gasteiger partial charge is 0.198 e. The lowest BCUT2D eigenvalue weighted by atomic mass is 9.76. The van der Waals surface area contributed by atoms with E-state index in [-0.39, 0.29) is 10.8 Å². The second kappa shape index (κ2) is 5.23. The van der Waals surface area contributed by atoms with Crippen LogP contribution >= 0.6 is 0 Å². The van der Waals surface area contributed by atoms with E-state index in [1.54, 1.807) is 0 Å². The molecule has 0 aromatic heterocycles. The molecular weight excluding hydrogens is 220 g/mol. The third-order valence-electron chi connectivity index (χ3n) is 3.47. The van der Waals surface area contributed by atoms with Crippen LogP contribution in [0.1, 0.15) is 51.7 Å². The molecule has 18 heavy (non-hydrogen) atoms. The minimum atomic E-state index is -0.145. The highest BCUT2D eigenvalue weighted by atomic mass is 14.3. The molecule has 0 aliphatic rings. The van der Waals surface area contributed by atoms with E-state index in [4.69, 9.17) is 10.5 Å². The molecule has 0 radical (unpaired) electrons. The Balaban J connectivity index is 3.15. The summed E-state index contributed by atoms with van der Waals surface area (Å²) in [5.74, 6) is 0. The summed E-state index contributed by atoms with van der Waals surface area (Å²) < 4.78 is 0. The van der Waals surface area contributed by atoms with Crippen LogP contribution in [0, 0.1) is 22.7 Å². The van der Waals surface area contributed by atoms with Crippen molar-refractivity contribution in [3.8, 4) is 12.1 Å². The molecule has 0 fully saturated rings. The number of nitrogens with zero attached hydrogens (tertiary/aromatic N) is 2.